The number of nitrogens with one attached hydrogen (secondary N) is 1. The van der Waals surface area contributed by atoms with E-state index in [-0.39, 0.29) is 11.3 Å². The van der Waals surface area contributed by atoms with Crippen LogP contribution in [0.5, 0.6) is 0 Å². The maximum atomic E-state index is 12.1. The molecule has 0 spiro atoms. The van der Waals surface area contributed by atoms with E-state index in [2.05, 4.69) is 5.32 Å². The van der Waals surface area contributed by atoms with Crippen LogP contribution < -0.4 is 11.1 Å². The Balaban J connectivity index is 2.91. The summed E-state index contributed by atoms with van der Waals surface area (Å²) in [5, 5.41) is 2.98. The van der Waals surface area contributed by atoms with E-state index in [0.29, 0.717) is 6.54 Å². The smallest absolute Gasteiger partial charge is 0.230 e. The van der Waals surface area contributed by atoms with E-state index in [1.807, 2.05) is 45.9 Å². The Labute approximate surface area is 103 Å². The van der Waals surface area contributed by atoms with Crippen molar-refractivity contribution in [3.63, 3.8) is 0 Å². The number of carbonyl (C=O) groups excluding carboxylic acids is 1. The van der Waals surface area contributed by atoms with Gasteiger partial charge in [0.1, 0.15) is 0 Å². The zero-order valence-electron chi connectivity index (χ0n) is 11.1. The third kappa shape index (κ3) is 3.30. The molecule has 0 aromatic heterocycles. The van der Waals surface area contributed by atoms with Gasteiger partial charge in [-0.25, -0.2) is 0 Å². The van der Waals surface area contributed by atoms with Crippen molar-refractivity contribution in [2.24, 2.45) is 11.1 Å². The zero-order chi connectivity index (χ0) is 13.1. The molecule has 17 heavy (non-hydrogen) atoms. The van der Waals surface area contributed by atoms with Gasteiger partial charge >= 0.3 is 0 Å². The van der Waals surface area contributed by atoms with Crippen molar-refractivity contribution in [1.29, 1.82) is 0 Å². The minimum absolute atomic E-state index is 0.0530. The molecule has 3 heteroatoms. The minimum Gasteiger partial charge on any atom is -0.326 e. The average Bonchev–Trinajstić information content (AvgIpc) is 2.31. The summed E-state index contributed by atoms with van der Waals surface area (Å²) in [6.07, 6.45) is 0.814. The molecule has 1 rings (SSSR count). The van der Waals surface area contributed by atoms with E-state index < -0.39 is 0 Å². The maximum Gasteiger partial charge on any atom is 0.230 e. The Morgan fingerprint density at radius 3 is 2.59 bits per heavy atom. The number of anilines is 1. The van der Waals surface area contributed by atoms with Crippen molar-refractivity contribution in [1.82, 2.24) is 0 Å². The monoisotopic (exact) mass is 234 g/mol. The molecule has 0 bridgehead atoms. The van der Waals surface area contributed by atoms with Crippen LogP contribution in [0.2, 0.25) is 0 Å². The third-order valence-corrected chi connectivity index (χ3v) is 3.28. The predicted molar refractivity (Wildman–Crippen MR) is 71.8 cm³/mol. The van der Waals surface area contributed by atoms with Gasteiger partial charge < -0.3 is 11.1 Å². The highest BCUT2D eigenvalue weighted by Gasteiger charge is 2.25. The van der Waals surface area contributed by atoms with Crippen LogP contribution >= 0.6 is 0 Å². The minimum atomic E-state index is -0.342. The number of hydrogen-bond acceptors (Lipinski definition) is 2. The summed E-state index contributed by atoms with van der Waals surface area (Å²) in [4.78, 5) is 12.1. The standard InChI is InChI=1S/C14H22N2O/c1-5-14(3,4)13(17)16-12-8-11(9-15)7-6-10(12)2/h6-8H,5,9,15H2,1-4H3,(H,16,17). The summed E-state index contributed by atoms with van der Waals surface area (Å²) in [5.74, 6) is 0.0530. The molecule has 0 atom stereocenters. The fourth-order valence-electron chi connectivity index (χ4n) is 1.38. The topological polar surface area (TPSA) is 55.1 Å². The second kappa shape index (κ2) is 5.32. The molecule has 3 nitrogen and oxygen atoms in total. The van der Waals surface area contributed by atoms with Crippen molar-refractivity contribution in [3.8, 4) is 0 Å². The van der Waals surface area contributed by atoms with Crippen LogP contribution in [0, 0.1) is 12.3 Å². The first-order valence-electron chi connectivity index (χ1n) is 6.01. The van der Waals surface area contributed by atoms with Gasteiger partial charge in [0.15, 0.2) is 0 Å². The highest BCUT2D eigenvalue weighted by molar-refractivity contribution is 5.95. The van der Waals surface area contributed by atoms with Crippen LogP contribution in [0.15, 0.2) is 18.2 Å². The molecule has 0 aliphatic carbocycles. The number of aryl methyl sites for hydroxylation is 1. The average molecular weight is 234 g/mol. The van der Waals surface area contributed by atoms with Crippen molar-refractivity contribution >= 4 is 11.6 Å². The lowest BCUT2D eigenvalue weighted by molar-refractivity contribution is -0.124. The number of carbonyl (C=O) groups is 1. The molecule has 0 saturated heterocycles. The first kappa shape index (κ1) is 13.7. The molecule has 1 aromatic carbocycles. The Morgan fingerprint density at radius 2 is 2.06 bits per heavy atom. The molecule has 0 saturated carbocycles. The van der Waals surface area contributed by atoms with Crippen LogP contribution in [0.4, 0.5) is 5.69 Å². The third-order valence-electron chi connectivity index (χ3n) is 3.28. The van der Waals surface area contributed by atoms with Crippen LogP contribution in [0.1, 0.15) is 38.3 Å². The molecule has 3 N–H and O–H groups in total. The van der Waals surface area contributed by atoms with E-state index in [1.54, 1.807) is 0 Å². The van der Waals surface area contributed by atoms with E-state index in [0.717, 1.165) is 23.2 Å². The largest absolute Gasteiger partial charge is 0.326 e. The highest BCUT2D eigenvalue weighted by Crippen LogP contribution is 2.24. The fourth-order valence-corrected chi connectivity index (χ4v) is 1.38. The number of benzene rings is 1. The molecule has 0 radical (unpaired) electrons. The zero-order valence-corrected chi connectivity index (χ0v) is 11.1. The van der Waals surface area contributed by atoms with Gasteiger partial charge in [-0.1, -0.05) is 32.9 Å². The molecular formula is C14H22N2O. The molecule has 1 aromatic rings. The van der Waals surface area contributed by atoms with Crippen molar-refractivity contribution in [2.75, 3.05) is 5.32 Å². The fraction of sp³-hybridized carbons (Fsp3) is 0.500. The number of nitrogens with two attached hydrogens (primary N) is 1. The van der Waals surface area contributed by atoms with Gasteiger partial charge in [0.25, 0.3) is 0 Å². The molecule has 94 valence electrons. The van der Waals surface area contributed by atoms with Crippen molar-refractivity contribution in [3.05, 3.63) is 29.3 Å². The first-order chi connectivity index (χ1) is 7.90. The van der Waals surface area contributed by atoms with Crippen molar-refractivity contribution < 1.29 is 4.79 Å². The van der Waals surface area contributed by atoms with Gasteiger partial charge in [0.05, 0.1) is 0 Å². The highest BCUT2D eigenvalue weighted by atomic mass is 16.2. The predicted octanol–water partition coefficient (Wildman–Crippen LogP) is 2.83. The molecular weight excluding hydrogens is 212 g/mol. The molecule has 0 fully saturated rings. The molecule has 0 aliphatic rings. The summed E-state index contributed by atoms with van der Waals surface area (Å²) in [5.41, 5.74) is 8.20. The molecule has 0 aliphatic heterocycles. The first-order valence-corrected chi connectivity index (χ1v) is 6.01. The van der Waals surface area contributed by atoms with Crippen LogP contribution in [-0.2, 0) is 11.3 Å². The number of rotatable bonds is 4. The Kier molecular flexibility index (Phi) is 4.29. The van der Waals surface area contributed by atoms with Gasteiger partial charge in [-0.2, -0.15) is 0 Å². The van der Waals surface area contributed by atoms with Gasteiger partial charge in [-0.05, 0) is 30.5 Å². The number of hydrogen-bond donors (Lipinski definition) is 2. The summed E-state index contributed by atoms with van der Waals surface area (Å²) in [6, 6.07) is 5.91. The maximum absolute atomic E-state index is 12.1. The van der Waals surface area contributed by atoms with E-state index in [1.165, 1.54) is 0 Å². The van der Waals surface area contributed by atoms with Gasteiger partial charge in [-0.3, -0.25) is 4.79 Å². The second-order valence-electron chi connectivity index (χ2n) is 5.04. The number of amides is 1. The molecule has 0 unspecified atom stereocenters. The lowest BCUT2D eigenvalue weighted by atomic mass is 9.89. The summed E-state index contributed by atoms with van der Waals surface area (Å²) in [7, 11) is 0. The van der Waals surface area contributed by atoms with Crippen molar-refractivity contribution in [2.45, 2.75) is 40.7 Å². The molecule has 1 amide bonds. The quantitative estimate of drug-likeness (QED) is 0.841. The van der Waals surface area contributed by atoms with E-state index >= 15 is 0 Å². The van der Waals surface area contributed by atoms with Crippen LogP contribution in [0.3, 0.4) is 0 Å². The summed E-state index contributed by atoms with van der Waals surface area (Å²) < 4.78 is 0. The lowest BCUT2D eigenvalue weighted by Gasteiger charge is -2.22. The second-order valence-corrected chi connectivity index (χ2v) is 5.04. The van der Waals surface area contributed by atoms with E-state index in [4.69, 9.17) is 5.73 Å². The van der Waals surface area contributed by atoms with Gasteiger partial charge in [0.2, 0.25) is 5.91 Å². The Bertz CT molecular complexity index is 411. The molecule has 0 heterocycles. The van der Waals surface area contributed by atoms with E-state index in [9.17, 15) is 4.79 Å². The lowest BCUT2D eigenvalue weighted by Crippen LogP contribution is -2.30. The van der Waals surface area contributed by atoms with Gasteiger partial charge in [-0.15, -0.1) is 0 Å². The summed E-state index contributed by atoms with van der Waals surface area (Å²) in [6.45, 7) is 8.38. The van der Waals surface area contributed by atoms with Crippen LogP contribution in [0.25, 0.3) is 0 Å². The SMILES string of the molecule is CCC(C)(C)C(=O)Nc1cc(CN)ccc1C. The van der Waals surface area contributed by atoms with Crippen LogP contribution in [-0.4, -0.2) is 5.91 Å². The Morgan fingerprint density at radius 1 is 1.41 bits per heavy atom. The summed E-state index contributed by atoms with van der Waals surface area (Å²) >= 11 is 0. The normalized spacial score (nSPS) is 11.4. The Hall–Kier alpha value is -1.35. The van der Waals surface area contributed by atoms with Gasteiger partial charge in [0, 0.05) is 17.6 Å².